The minimum absolute atomic E-state index is 0.237. The number of ether oxygens (including phenoxy) is 1. The normalized spacial score (nSPS) is 10.9. The van der Waals surface area contributed by atoms with Gasteiger partial charge in [-0.2, -0.15) is 5.10 Å². The van der Waals surface area contributed by atoms with E-state index in [1.807, 2.05) is 37.7 Å². The Morgan fingerprint density at radius 3 is 2.89 bits per heavy atom. The lowest BCUT2D eigenvalue weighted by molar-refractivity contribution is 0.0697. The van der Waals surface area contributed by atoms with Crippen molar-refractivity contribution in [3.63, 3.8) is 0 Å². The lowest BCUT2D eigenvalue weighted by Gasteiger charge is -2.05. The van der Waals surface area contributed by atoms with Crippen molar-refractivity contribution in [1.29, 1.82) is 0 Å². The number of aromatic carboxylic acids is 1. The fraction of sp³-hybridized carbons (Fsp3) is 0.385. The molecule has 0 bridgehead atoms. The van der Waals surface area contributed by atoms with Crippen molar-refractivity contribution < 1.29 is 14.6 Å². The summed E-state index contributed by atoms with van der Waals surface area (Å²) >= 11 is 1.22. The molecule has 0 aromatic carbocycles. The quantitative estimate of drug-likeness (QED) is 0.914. The molecule has 0 aliphatic rings. The Balaban J connectivity index is 2.07. The van der Waals surface area contributed by atoms with Crippen molar-refractivity contribution in [3.05, 3.63) is 33.8 Å². The minimum atomic E-state index is -0.958. The molecule has 0 saturated heterocycles. The number of aromatic nitrogens is 2. The molecule has 5 nitrogen and oxygen atoms in total. The van der Waals surface area contributed by atoms with Crippen LogP contribution in [0, 0.1) is 6.92 Å². The molecule has 0 atom stereocenters. The fourth-order valence-corrected chi connectivity index (χ4v) is 2.43. The Morgan fingerprint density at radius 1 is 1.58 bits per heavy atom. The number of nitrogens with zero attached hydrogens (tertiary/aromatic N) is 2. The van der Waals surface area contributed by atoms with Crippen molar-refractivity contribution >= 4 is 17.3 Å². The van der Waals surface area contributed by atoms with Gasteiger partial charge in [0.1, 0.15) is 12.4 Å². The van der Waals surface area contributed by atoms with E-state index in [0.29, 0.717) is 11.8 Å². The second-order valence-electron chi connectivity index (χ2n) is 4.53. The average molecular weight is 280 g/mol. The fourth-order valence-electron chi connectivity index (χ4n) is 1.64. The van der Waals surface area contributed by atoms with Crippen LogP contribution in [0.2, 0.25) is 0 Å². The molecule has 2 aromatic heterocycles. The van der Waals surface area contributed by atoms with Crippen LogP contribution in [-0.2, 0) is 6.61 Å². The van der Waals surface area contributed by atoms with Crippen LogP contribution in [0.5, 0.6) is 5.75 Å². The Bertz CT molecular complexity index is 586. The second-order valence-corrected chi connectivity index (χ2v) is 5.78. The van der Waals surface area contributed by atoms with E-state index >= 15 is 0 Å². The van der Waals surface area contributed by atoms with E-state index < -0.39 is 5.97 Å². The number of thiophene rings is 1. The van der Waals surface area contributed by atoms with Gasteiger partial charge in [-0.25, -0.2) is 4.79 Å². The molecule has 0 amide bonds. The molecule has 6 heteroatoms. The summed E-state index contributed by atoms with van der Waals surface area (Å²) in [5.41, 5.74) is 0.786. The number of carboxylic acids is 1. The molecule has 2 heterocycles. The maximum Gasteiger partial charge on any atom is 0.349 e. The van der Waals surface area contributed by atoms with Gasteiger partial charge in [0.05, 0.1) is 5.69 Å². The number of carbonyl (C=O) groups is 1. The molecule has 19 heavy (non-hydrogen) atoms. The number of rotatable bonds is 5. The Morgan fingerprint density at radius 2 is 2.32 bits per heavy atom. The van der Waals surface area contributed by atoms with Crippen molar-refractivity contribution in [2.45, 2.75) is 33.4 Å². The topological polar surface area (TPSA) is 64.4 Å². The van der Waals surface area contributed by atoms with E-state index in [1.54, 1.807) is 6.07 Å². The largest absolute Gasteiger partial charge is 0.485 e. The number of carboxylic acid groups (broad SMARTS) is 1. The first kappa shape index (κ1) is 13.6. The van der Waals surface area contributed by atoms with Gasteiger partial charge >= 0.3 is 5.97 Å². The summed E-state index contributed by atoms with van der Waals surface area (Å²) in [6, 6.07) is 3.92. The molecule has 0 saturated carbocycles. The van der Waals surface area contributed by atoms with Crippen LogP contribution in [0.3, 0.4) is 0 Å². The van der Waals surface area contributed by atoms with E-state index in [9.17, 15) is 4.79 Å². The molecule has 0 fully saturated rings. The zero-order valence-electron chi connectivity index (χ0n) is 11.1. The highest BCUT2D eigenvalue weighted by atomic mass is 32.1. The van der Waals surface area contributed by atoms with Gasteiger partial charge in [-0.1, -0.05) is 0 Å². The third kappa shape index (κ3) is 3.14. The average Bonchev–Trinajstić information content (AvgIpc) is 2.92. The summed E-state index contributed by atoms with van der Waals surface area (Å²) in [5, 5.41) is 13.4. The molecular formula is C13H16N2O3S. The molecule has 0 aliphatic carbocycles. The van der Waals surface area contributed by atoms with E-state index in [4.69, 9.17) is 9.84 Å². The lowest BCUT2D eigenvalue weighted by atomic mass is 10.4. The van der Waals surface area contributed by atoms with Gasteiger partial charge in [0.15, 0.2) is 4.88 Å². The van der Waals surface area contributed by atoms with E-state index in [0.717, 1.165) is 10.6 Å². The second kappa shape index (κ2) is 5.44. The predicted molar refractivity (Wildman–Crippen MR) is 73.0 cm³/mol. The Hall–Kier alpha value is -1.82. The molecule has 0 radical (unpaired) electrons. The van der Waals surface area contributed by atoms with Gasteiger partial charge in [-0.3, -0.25) is 4.68 Å². The van der Waals surface area contributed by atoms with E-state index in [2.05, 4.69) is 5.10 Å². The molecule has 0 aliphatic heterocycles. The van der Waals surface area contributed by atoms with Crippen LogP contribution < -0.4 is 4.74 Å². The summed E-state index contributed by atoms with van der Waals surface area (Å²) in [4.78, 5) is 12.2. The maximum atomic E-state index is 11.1. The van der Waals surface area contributed by atoms with Crippen LogP contribution in [0.15, 0.2) is 18.3 Å². The third-order valence-electron chi connectivity index (χ3n) is 2.58. The van der Waals surface area contributed by atoms with Crippen LogP contribution in [0.25, 0.3) is 0 Å². The highest BCUT2D eigenvalue weighted by Gasteiger charge is 2.15. The van der Waals surface area contributed by atoms with E-state index in [1.165, 1.54) is 11.3 Å². The Kier molecular flexibility index (Phi) is 3.90. The predicted octanol–water partition coefficient (Wildman–Crippen LogP) is 3.11. The molecule has 2 rings (SSSR count). The summed E-state index contributed by atoms with van der Waals surface area (Å²) in [5.74, 6) is -0.546. The summed E-state index contributed by atoms with van der Waals surface area (Å²) in [6.45, 7) is 6.22. The molecule has 0 unspecified atom stereocenters. The first-order valence-corrected chi connectivity index (χ1v) is 6.79. The molecule has 102 valence electrons. The van der Waals surface area contributed by atoms with Gasteiger partial charge in [0, 0.05) is 17.1 Å². The highest BCUT2D eigenvalue weighted by Crippen LogP contribution is 2.29. The van der Waals surface area contributed by atoms with Crippen LogP contribution in [0.1, 0.15) is 40.1 Å². The van der Waals surface area contributed by atoms with Gasteiger partial charge in [0.25, 0.3) is 0 Å². The smallest absolute Gasteiger partial charge is 0.349 e. The Labute approximate surface area is 115 Å². The maximum absolute atomic E-state index is 11.1. The number of hydrogen-bond acceptors (Lipinski definition) is 4. The standard InChI is InChI=1S/C13H16N2O3S/c1-8(2)15-5-4-10(14-15)7-18-11-6-9(3)19-12(11)13(16)17/h4-6,8H,7H2,1-3H3,(H,16,17). The lowest BCUT2D eigenvalue weighted by Crippen LogP contribution is -2.04. The number of hydrogen-bond donors (Lipinski definition) is 1. The summed E-state index contributed by atoms with van der Waals surface area (Å²) in [7, 11) is 0. The van der Waals surface area contributed by atoms with Gasteiger partial charge in [-0.05, 0) is 32.9 Å². The molecule has 1 N–H and O–H groups in total. The first-order valence-electron chi connectivity index (χ1n) is 5.98. The molecule has 2 aromatic rings. The number of aryl methyl sites for hydroxylation is 1. The van der Waals surface area contributed by atoms with Gasteiger partial charge < -0.3 is 9.84 Å². The zero-order valence-corrected chi connectivity index (χ0v) is 11.9. The van der Waals surface area contributed by atoms with Gasteiger partial charge in [-0.15, -0.1) is 11.3 Å². The van der Waals surface area contributed by atoms with E-state index in [-0.39, 0.29) is 11.5 Å². The van der Waals surface area contributed by atoms with Crippen LogP contribution >= 0.6 is 11.3 Å². The van der Waals surface area contributed by atoms with Crippen molar-refractivity contribution in [1.82, 2.24) is 9.78 Å². The van der Waals surface area contributed by atoms with Gasteiger partial charge in [0.2, 0.25) is 0 Å². The monoisotopic (exact) mass is 280 g/mol. The summed E-state index contributed by atoms with van der Waals surface area (Å²) < 4.78 is 7.40. The van der Waals surface area contributed by atoms with Crippen LogP contribution in [-0.4, -0.2) is 20.9 Å². The van der Waals surface area contributed by atoms with Crippen molar-refractivity contribution in [2.75, 3.05) is 0 Å². The van der Waals surface area contributed by atoms with Crippen LogP contribution in [0.4, 0.5) is 0 Å². The highest BCUT2D eigenvalue weighted by molar-refractivity contribution is 7.14. The molecular weight excluding hydrogens is 264 g/mol. The van der Waals surface area contributed by atoms with Crippen molar-refractivity contribution in [2.24, 2.45) is 0 Å². The van der Waals surface area contributed by atoms with Crippen molar-refractivity contribution in [3.8, 4) is 5.75 Å². The minimum Gasteiger partial charge on any atom is -0.485 e. The third-order valence-corrected chi connectivity index (χ3v) is 3.60. The SMILES string of the molecule is Cc1cc(OCc2ccn(C(C)C)n2)c(C(=O)O)s1. The molecule has 0 spiro atoms. The first-order chi connectivity index (χ1) is 8.97. The summed E-state index contributed by atoms with van der Waals surface area (Å²) in [6.07, 6.45) is 1.89. The zero-order chi connectivity index (χ0) is 14.0.